The van der Waals surface area contributed by atoms with E-state index in [2.05, 4.69) is 5.32 Å². The molecule has 1 aromatic rings. The van der Waals surface area contributed by atoms with Crippen LogP contribution in [-0.2, 0) is 6.54 Å². The molecular weight excluding hydrogens is 254 g/mol. The summed E-state index contributed by atoms with van der Waals surface area (Å²) in [6.45, 7) is 0.786. The van der Waals surface area contributed by atoms with Crippen molar-refractivity contribution in [1.29, 1.82) is 0 Å². The molecule has 0 amide bonds. The third-order valence-corrected chi connectivity index (χ3v) is 4.59. The maximum atomic E-state index is 6.20. The molecule has 1 saturated heterocycles. The summed E-state index contributed by atoms with van der Waals surface area (Å²) in [5.41, 5.74) is 1.06. The maximum absolute atomic E-state index is 6.20. The summed E-state index contributed by atoms with van der Waals surface area (Å²) >= 11 is 8.23. The highest BCUT2D eigenvalue weighted by molar-refractivity contribution is 7.99. The summed E-state index contributed by atoms with van der Waals surface area (Å²) in [4.78, 5) is 0. The van der Waals surface area contributed by atoms with Crippen LogP contribution in [0.4, 0.5) is 0 Å². The fourth-order valence-electron chi connectivity index (χ4n) is 2.05. The second-order valence-corrected chi connectivity index (χ2v) is 5.77. The van der Waals surface area contributed by atoms with Gasteiger partial charge in [-0.1, -0.05) is 17.7 Å². The van der Waals surface area contributed by atoms with Crippen molar-refractivity contribution >= 4 is 23.4 Å². The minimum atomic E-state index is 0.606. The van der Waals surface area contributed by atoms with E-state index in [1.54, 1.807) is 7.11 Å². The van der Waals surface area contributed by atoms with Crippen molar-refractivity contribution in [3.05, 3.63) is 28.8 Å². The molecule has 0 spiro atoms. The molecule has 0 bridgehead atoms. The Morgan fingerprint density at radius 3 is 3.12 bits per heavy atom. The summed E-state index contributed by atoms with van der Waals surface area (Å²) in [6, 6.07) is 6.39. The second-order valence-electron chi connectivity index (χ2n) is 4.22. The van der Waals surface area contributed by atoms with E-state index in [1.807, 2.05) is 30.0 Å². The minimum absolute atomic E-state index is 0.606. The van der Waals surface area contributed by atoms with Gasteiger partial charge < -0.3 is 10.1 Å². The third-order valence-electron chi connectivity index (χ3n) is 3.02. The lowest BCUT2D eigenvalue weighted by Gasteiger charge is -2.23. The first kappa shape index (κ1) is 13.1. The van der Waals surface area contributed by atoms with E-state index < -0.39 is 0 Å². The van der Waals surface area contributed by atoms with E-state index in [4.69, 9.17) is 16.3 Å². The number of benzene rings is 1. The maximum Gasteiger partial charge on any atom is 0.124 e. The lowest BCUT2D eigenvalue weighted by Crippen LogP contribution is -2.33. The van der Waals surface area contributed by atoms with Gasteiger partial charge in [-0.3, -0.25) is 0 Å². The van der Waals surface area contributed by atoms with Crippen LogP contribution in [0.3, 0.4) is 0 Å². The number of hydrogen-bond donors (Lipinski definition) is 1. The minimum Gasteiger partial charge on any atom is -0.496 e. The van der Waals surface area contributed by atoms with Gasteiger partial charge in [0, 0.05) is 28.9 Å². The first-order chi connectivity index (χ1) is 8.31. The Kier molecular flexibility index (Phi) is 5.01. The molecule has 0 aromatic heterocycles. The van der Waals surface area contributed by atoms with Crippen molar-refractivity contribution in [2.75, 3.05) is 18.6 Å². The Labute approximate surface area is 112 Å². The summed E-state index contributed by atoms with van der Waals surface area (Å²) in [5.74, 6) is 3.37. The predicted octanol–water partition coefficient (Wildman–Crippen LogP) is 3.33. The molecule has 1 atom stereocenters. The predicted molar refractivity (Wildman–Crippen MR) is 75.2 cm³/mol. The number of nitrogens with one attached hydrogen (secondary N) is 1. The van der Waals surface area contributed by atoms with Gasteiger partial charge in [0.25, 0.3) is 0 Å². The van der Waals surface area contributed by atoms with Gasteiger partial charge in [0.2, 0.25) is 0 Å². The molecule has 1 aromatic carbocycles. The topological polar surface area (TPSA) is 21.3 Å². The number of thioether (sulfide) groups is 1. The highest BCUT2D eigenvalue weighted by Crippen LogP contribution is 2.26. The van der Waals surface area contributed by atoms with E-state index in [0.717, 1.165) is 22.9 Å². The summed E-state index contributed by atoms with van der Waals surface area (Å²) < 4.78 is 5.34. The zero-order valence-electron chi connectivity index (χ0n) is 10.0. The molecule has 2 rings (SSSR count). The molecule has 2 nitrogen and oxygen atoms in total. The van der Waals surface area contributed by atoms with Gasteiger partial charge in [0.15, 0.2) is 0 Å². The molecule has 1 N–H and O–H groups in total. The molecule has 94 valence electrons. The average Bonchev–Trinajstić information content (AvgIpc) is 2.38. The fourth-order valence-corrected chi connectivity index (χ4v) is 3.39. The molecule has 1 heterocycles. The largest absolute Gasteiger partial charge is 0.496 e. The first-order valence-corrected chi connectivity index (χ1v) is 7.47. The zero-order chi connectivity index (χ0) is 12.1. The molecule has 1 aliphatic heterocycles. The van der Waals surface area contributed by atoms with E-state index in [0.29, 0.717) is 6.04 Å². The van der Waals surface area contributed by atoms with Crippen LogP contribution in [-0.4, -0.2) is 24.7 Å². The number of halogens is 1. The molecule has 1 aliphatic rings. The zero-order valence-corrected chi connectivity index (χ0v) is 11.6. The third kappa shape index (κ3) is 3.54. The number of rotatable bonds is 4. The van der Waals surface area contributed by atoms with Crippen LogP contribution in [0.2, 0.25) is 5.02 Å². The van der Waals surface area contributed by atoms with E-state index in [9.17, 15) is 0 Å². The molecule has 17 heavy (non-hydrogen) atoms. The molecule has 0 aliphatic carbocycles. The van der Waals surface area contributed by atoms with Crippen LogP contribution in [0, 0.1) is 0 Å². The monoisotopic (exact) mass is 271 g/mol. The van der Waals surface area contributed by atoms with Crippen molar-refractivity contribution in [3.8, 4) is 5.75 Å². The number of hydrogen-bond acceptors (Lipinski definition) is 3. The van der Waals surface area contributed by atoms with Crippen molar-refractivity contribution in [2.24, 2.45) is 0 Å². The van der Waals surface area contributed by atoms with E-state index in [1.165, 1.54) is 24.3 Å². The van der Waals surface area contributed by atoms with Crippen molar-refractivity contribution in [3.63, 3.8) is 0 Å². The van der Waals surface area contributed by atoms with Crippen molar-refractivity contribution < 1.29 is 4.74 Å². The van der Waals surface area contributed by atoms with Crippen LogP contribution < -0.4 is 10.1 Å². The van der Waals surface area contributed by atoms with E-state index in [-0.39, 0.29) is 0 Å². The molecule has 1 fully saturated rings. The van der Waals surface area contributed by atoms with Gasteiger partial charge in [0.05, 0.1) is 7.11 Å². The van der Waals surface area contributed by atoms with Gasteiger partial charge in [0.1, 0.15) is 5.75 Å². The highest BCUT2D eigenvalue weighted by atomic mass is 35.5. The van der Waals surface area contributed by atoms with Crippen LogP contribution >= 0.6 is 23.4 Å². The molecule has 0 saturated carbocycles. The lowest BCUT2D eigenvalue weighted by atomic mass is 10.1. The molecule has 1 unspecified atom stereocenters. The number of methoxy groups -OCH3 is 1. The summed E-state index contributed by atoms with van der Waals surface area (Å²) in [7, 11) is 1.69. The molecular formula is C13H18ClNOS. The average molecular weight is 272 g/mol. The van der Waals surface area contributed by atoms with Crippen LogP contribution in [0.5, 0.6) is 5.75 Å². The Morgan fingerprint density at radius 1 is 1.53 bits per heavy atom. The summed E-state index contributed by atoms with van der Waals surface area (Å²) in [5, 5.41) is 4.35. The molecule has 4 heteroatoms. The van der Waals surface area contributed by atoms with Gasteiger partial charge >= 0.3 is 0 Å². The second kappa shape index (κ2) is 6.53. The SMILES string of the molecule is COc1cccc(Cl)c1CNC1CCCSC1. The summed E-state index contributed by atoms with van der Waals surface area (Å²) in [6.07, 6.45) is 2.57. The Hall–Kier alpha value is -0.380. The Morgan fingerprint density at radius 2 is 2.41 bits per heavy atom. The molecule has 0 radical (unpaired) electrons. The smallest absolute Gasteiger partial charge is 0.124 e. The van der Waals surface area contributed by atoms with Gasteiger partial charge in [-0.2, -0.15) is 11.8 Å². The van der Waals surface area contributed by atoms with Gasteiger partial charge in [-0.25, -0.2) is 0 Å². The van der Waals surface area contributed by atoms with Gasteiger partial charge in [-0.15, -0.1) is 0 Å². The standard InChI is InChI=1S/C13H18ClNOS/c1-16-13-6-2-5-12(14)11(13)8-15-10-4-3-7-17-9-10/h2,5-6,10,15H,3-4,7-9H2,1H3. The van der Waals surface area contributed by atoms with E-state index >= 15 is 0 Å². The van der Waals surface area contributed by atoms with Crippen LogP contribution in [0.15, 0.2) is 18.2 Å². The van der Waals surface area contributed by atoms with Crippen LogP contribution in [0.1, 0.15) is 18.4 Å². The normalized spacial score (nSPS) is 20.2. The lowest BCUT2D eigenvalue weighted by molar-refractivity contribution is 0.404. The quantitative estimate of drug-likeness (QED) is 0.908. The fraction of sp³-hybridized carbons (Fsp3) is 0.538. The first-order valence-electron chi connectivity index (χ1n) is 5.94. The highest BCUT2D eigenvalue weighted by Gasteiger charge is 2.14. The van der Waals surface area contributed by atoms with Crippen molar-refractivity contribution in [1.82, 2.24) is 5.32 Å². The Bertz CT molecular complexity index is 366. The van der Waals surface area contributed by atoms with Crippen LogP contribution in [0.25, 0.3) is 0 Å². The van der Waals surface area contributed by atoms with Crippen molar-refractivity contribution in [2.45, 2.75) is 25.4 Å². The Balaban J connectivity index is 1.97. The number of ether oxygens (including phenoxy) is 1. The van der Waals surface area contributed by atoms with Gasteiger partial charge in [-0.05, 0) is 30.7 Å².